The van der Waals surface area contributed by atoms with Crippen molar-refractivity contribution in [2.75, 3.05) is 12.3 Å². The molecule has 1 N–H and O–H groups in total. The maximum absolute atomic E-state index is 12.3. The molecule has 0 heterocycles. The lowest BCUT2D eigenvalue weighted by Gasteiger charge is -2.06. The second-order valence-corrected chi connectivity index (χ2v) is 7.75. The van der Waals surface area contributed by atoms with Crippen LogP contribution >= 0.6 is 11.8 Å². The highest BCUT2D eigenvalue weighted by molar-refractivity contribution is 7.98. The number of nitrogens with one attached hydrogen (secondary N) is 1. The molecule has 4 heteroatoms. The van der Waals surface area contributed by atoms with Gasteiger partial charge in [-0.2, -0.15) is 11.8 Å². The van der Waals surface area contributed by atoms with E-state index in [9.17, 15) is 9.59 Å². The van der Waals surface area contributed by atoms with Crippen molar-refractivity contribution in [1.29, 1.82) is 0 Å². The normalized spacial score (nSPS) is 12.6. The molecule has 26 heavy (non-hydrogen) atoms. The van der Waals surface area contributed by atoms with Crippen molar-refractivity contribution >= 4 is 23.5 Å². The minimum atomic E-state index is -0.0418. The predicted molar refractivity (Wildman–Crippen MR) is 108 cm³/mol. The number of thioether (sulfide) groups is 1. The zero-order chi connectivity index (χ0) is 18.2. The molecule has 2 aromatic rings. The summed E-state index contributed by atoms with van der Waals surface area (Å²) in [7, 11) is 0. The van der Waals surface area contributed by atoms with E-state index in [1.54, 1.807) is 11.8 Å². The van der Waals surface area contributed by atoms with Gasteiger partial charge in [-0.3, -0.25) is 9.59 Å². The molecule has 0 saturated carbocycles. The third-order valence-corrected chi connectivity index (χ3v) is 5.71. The zero-order valence-corrected chi connectivity index (χ0v) is 15.8. The van der Waals surface area contributed by atoms with Gasteiger partial charge in [0.2, 0.25) is 5.91 Å². The van der Waals surface area contributed by atoms with Crippen molar-refractivity contribution in [3.05, 3.63) is 70.8 Å². The molecule has 1 aliphatic carbocycles. The highest BCUT2D eigenvalue weighted by atomic mass is 32.2. The smallest absolute Gasteiger partial charge is 0.220 e. The fraction of sp³-hybridized carbons (Fsp3) is 0.364. The van der Waals surface area contributed by atoms with Gasteiger partial charge in [-0.25, -0.2) is 0 Å². The molecule has 0 unspecified atom stereocenters. The first-order valence-corrected chi connectivity index (χ1v) is 10.4. The molecule has 136 valence electrons. The number of fused-ring (bicyclic) bond motifs is 1. The first kappa shape index (κ1) is 18.7. The Kier molecular flexibility index (Phi) is 6.89. The van der Waals surface area contributed by atoms with E-state index >= 15 is 0 Å². The Morgan fingerprint density at radius 3 is 2.62 bits per heavy atom. The van der Waals surface area contributed by atoms with Crippen molar-refractivity contribution in [3.8, 4) is 0 Å². The summed E-state index contributed by atoms with van der Waals surface area (Å²) in [6, 6.07) is 16.3. The molecular weight excluding hydrogens is 342 g/mol. The number of benzene rings is 2. The Hall–Kier alpha value is -2.07. The Labute approximate surface area is 159 Å². The molecule has 0 saturated heterocycles. The lowest BCUT2D eigenvalue weighted by atomic mass is 10.0. The number of carbonyl (C=O) groups is 2. The first-order chi connectivity index (χ1) is 12.7. The van der Waals surface area contributed by atoms with E-state index in [1.807, 2.05) is 30.3 Å². The van der Waals surface area contributed by atoms with Gasteiger partial charge in [0, 0.05) is 36.5 Å². The standard InChI is InChI=1S/C22H25NO2S/c24-21(20-10-9-18-7-4-8-19(18)15-20)11-12-22(25)23-13-14-26-16-17-5-2-1-3-6-17/h1-3,5-6,9-10,15H,4,7-8,11-14,16H2,(H,23,25). The van der Waals surface area contributed by atoms with Crippen LogP contribution in [0.25, 0.3) is 0 Å². The van der Waals surface area contributed by atoms with Crippen LogP contribution in [0, 0.1) is 0 Å². The Morgan fingerprint density at radius 2 is 1.77 bits per heavy atom. The summed E-state index contributed by atoms with van der Waals surface area (Å²) >= 11 is 1.80. The molecular formula is C22H25NO2S. The molecule has 0 aromatic heterocycles. The van der Waals surface area contributed by atoms with Crippen molar-refractivity contribution in [1.82, 2.24) is 5.32 Å². The van der Waals surface area contributed by atoms with E-state index in [1.165, 1.54) is 23.1 Å². The van der Waals surface area contributed by atoms with E-state index in [0.29, 0.717) is 6.54 Å². The zero-order valence-electron chi connectivity index (χ0n) is 15.0. The number of rotatable bonds is 9. The number of amides is 1. The molecule has 3 rings (SSSR count). The molecule has 0 radical (unpaired) electrons. The van der Waals surface area contributed by atoms with Crippen LogP contribution in [0.2, 0.25) is 0 Å². The summed E-state index contributed by atoms with van der Waals surface area (Å²) in [5.41, 5.74) is 4.71. The molecule has 1 amide bonds. The van der Waals surface area contributed by atoms with E-state index < -0.39 is 0 Å². The Morgan fingerprint density at radius 1 is 0.962 bits per heavy atom. The summed E-state index contributed by atoms with van der Waals surface area (Å²) in [6.07, 6.45) is 3.91. The summed E-state index contributed by atoms with van der Waals surface area (Å²) < 4.78 is 0. The summed E-state index contributed by atoms with van der Waals surface area (Å²) in [4.78, 5) is 24.2. The maximum Gasteiger partial charge on any atom is 0.220 e. The summed E-state index contributed by atoms with van der Waals surface area (Å²) in [5.74, 6) is 1.85. The van der Waals surface area contributed by atoms with Gasteiger partial charge in [-0.15, -0.1) is 0 Å². The second-order valence-electron chi connectivity index (χ2n) is 6.65. The van der Waals surface area contributed by atoms with Gasteiger partial charge >= 0.3 is 0 Å². The number of Topliss-reactive ketones (excluding diaryl/α,β-unsaturated/α-hetero) is 1. The van der Waals surface area contributed by atoms with Gasteiger partial charge in [0.25, 0.3) is 0 Å². The third-order valence-electron chi connectivity index (χ3n) is 4.68. The fourth-order valence-corrected chi connectivity index (χ4v) is 4.05. The van der Waals surface area contributed by atoms with Gasteiger partial charge in [-0.05, 0) is 42.0 Å². The number of hydrogen-bond donors (Lipinski definition) is 1. The third kappa shape index (κ3) is 5.46. The summed E-state index contributed by atoms with van der Waals surface area (Å²) in [6.45, 7) is 0.642. The molecule has 2 aromatic carbocycles. The number of carbonyl (C=O) groups excluding carboxylic acids is 2. The number of aryl methyl sites for hydroxylation is 2. The molecule has 0 bridgehead atoms. The van der Waals surface area contributed by atoms with E-state index in [-0.39, 0.29) is 24.5 Å². The Balaban J connectivity index is 1.32. The molecule has 3 nitrogen and oxygen atoms in total. The number of hydrogen-bond acceptors (Lipinski definition) is 3. The lowest BCUT2D eigenvalue weighted by Crippen LogP contribution is -2.26. The van der Waals surface area contributed by atoms with Crippen molar-refractivity contribution in [2.24, 2.45) is 0 Å². The Bertz CT molecular complexity index is 758. The first-order valence-electron chi connectivity index (χ1n) is 9.26. The number of ketones is 1. The second kappa shape index (κ2) is 9.58. The van der Waals surface area contributed by atoms with Crippen molar-refractivity contribution < 1.29 is 9.59 Å². The van der Waals surface area contributed by atoms with Crippen molar-refractivity contribution in [3.63, 3.8) is 0 Å². The average molecular weight is 368 g/mol. The van der Waals surface area contributed by atoms with Crippen LogP contribution in [0.5, 0.6) is 0 Å². The molecule has 1 aliphatic rings. The van der Waals surface area contributed by atoms with Crippen LogP contribution in [-0.4, -0.2) is 24.0 Å². The van der Waals surface area contributed by atoms with Crippen LogP contribution in [-0.2, 0) is 23.4 Å². The maximum atomic E-state index is 12.3. The molecule has 0 spiro atoms. The van der Waals surface area contributed by atoms with E-state index in [2.05, 4.69) is 23.5 Å². The van der Waals surface area contributed by atoms with Crippen LogP contribution < -0.4 is 5.32 Å². The van der Waals surface area contributed by atoms with Gasteiger partial charge in [-0.1, -0.05) is 42.5 Å². The van der Waals surface area contributed by atoms with Crippen molar-refractivity contribution in [2.45, 2.75) is 37.9 Å². The quantitative estimate of drug-likeness (QED) is 0.534. The van der Waals surface area contributed by atoms with Crippen LogP contribution in [0.1, 0.15) is 46.3 Å². The minimum Gasteiger partial charge on any atom is -0.355 e. The van der Waals surface area contributed by atoms with Crippen LogP contribution in [0.3, 0.4) is 0 Å². The topological polar surface area (TPSA) is 46.2 Å². The molecule has 0 atom stereocenters. The highest BCUT2D eigenvalue weighted by Crippen LogP contribution is 2.23. The van der Waals surface area contributed by atoms with Crippen LogP contribution in [0.15, 0.2) is 48.5 Å². The molecule has 0 fully saturated rings. The van der Waals surface area contributed by atoms with E-state index in [0.717, 1.165) is 29.9 Å². The highest BCUT2D eigenvalue weighted by Gasteiger charge is 2.14. The van der Waals surface area contributed by atoms with Gasteiger partial charge in [0.1, 0.15) is 0 Å². The fourth-order valence-electron chi connectivity index (χ4n) is 3.23. The average Bonchev–Trinajstić information content (AvgIpc) is 3.14. The van der Waals surface area contributed by atoms with Crippen LogP contribution in [0.4, 0.5) is 0 Å². The monoisotopic (exact) mass is 367 g/mol. The van der Waals surface area contributed by atoms with Gasteiger partial charge < -0.3 is 5.32 Å². The van der Waals surface area contributed by atoms with E-state index in [4.69, 9.17) is 0 Å². The van der Waals surface area contributed by atoms with Gasteiger partial charge in [0.05, 0.1) is 0 Å². The SMILES string of the molecule is O=C(CCC(=O)c1ccc2c(c1)CCC2)NCCSCc1ccccc1. The molecule has 0 aliphatic heterocycles. The largest absolute Gasteiger partial charge is 0.355 e. The van der Waals surface area contributed by atoms with Gasteiger partial charge in [0.15, 0.2) is 5.78 Å². The lowest BCUT2D eigenvalue weighted by molar-refractivity contribution is -0.120. The summed E-state index contributed by atoms with van der Waals surface area (Å²) in [5, 5.41) is 2.91. The minimum absolute atomic E-state index is 0.0418. The predicted octanol–water partition coefficient (Wildman–Crippen LogP) is 4.19.